The number of esters is 1. The van der Waals surface area contributed by atoms with E-state index in [4.69, 9.17) is 4.74 Å². The van der Waals surface area contributed by atoms with E-state index in [1.54, 1.807) is 38.2 Å². The topological polar surface area (TPSA) is 90.3 Å². The average molecular weight is 329 g/mol. The Labute approximate surface area is 139 Å². The lowest BCUT2D eigenvalue weighted by atomic mass is 10.1. The van der Waals surface area contributed by atoms with Gasteiger partial charge in [-0.05, 0) is 6.92 Å². The first-order valence-corrected chi connectivity index (χ1v) is 7.60. The second-order valence-electron chi connectivity index (χ2n) is 5.09. The Morgan fingerprint density at radius 3 is 2.54 bits per heavy atom. The predicted octanol–water partition coefficient (Wildman–Crippen LogP) is 2.20. The van der Waals surface area contributed by atoms with E-state index >= 15 is 0 Å². The molecular weight excluding hydrogens is 310 g/mol. The third-order valence-electron chi connectivity index (χ3n) is 3.37. The summed E-state index contributed by atoms with van der Waals surface area (Å²) in [6, 6.07) is 8.78. The number of aryl methyl sites for hydroxylation is 1. The zero-order chi connectivity index (χ0) is 17.5. The predicted molar refractivity (Wildman–Crippen MR) is 87.8 cm³/mol. The molecule has 1 aromatic carbocycles. The van der Waals surface area contributed by atoms with E-state index < -0.39 is 5.97 Å². The fourth-order valence-corrected chi connectivity index (χ4v) is 2.13. The first kappa shape index (κ1) is 17.4. The maximum absolute atomic E-state index is 12.1. The number of nitrogens with one attached hydrogen (secondary N) is 1. The van der Waals surface area contributed by atoms with Gasteiger partial charge in [-0.2, -0.15) is 5.10 Å². The minimum absolute atomic E-state index is 0.0151. The van der Waals surface area contributed by atoms with E-state index in [1.807, 2.05) is 6.07 Å². The molecule has 1 amide bonds. The van der Waals surface area contributed by atoms with Crippen LogP contribution in [-0.2, 0) is 16.6 Å². The van der Waals surface area contributed by atoms with Gasteiger partial charge in [0.25, 0.3) is 0 Å². The molecule has 0 radical (unpaired) electrons. The molecule has 0 atom stereocenters. The summed E-state index contributed by atoms with van der Waals surface area (Å²) in [6.07, 6.45) is 1.44. The van der Waals surface area contributed by atoms with Crippen molar-refractivity contribution in [3.8, 4) is 0 Å². The number of Topliss-reactive ketones (excluding diaryl/α,β-unsaturated/α-hetero) is 1. The molecule has 2 rings (SSSR count). The van der Waals surface area contributed by atoms with E-state index in [1.165, 1.54) is 10.9 Å². The van der Waals surface area contributed by atoms with Crippen molar-refractivity contribution in [2.75, 3.05) is 11.9 Å². The summed E-state index contributed by atoms with van der Waals surface area (Å²) in [5.41, 5.74) is 0.750. The molecule has 0 aliphatic heterocycles. The van der Waals surface area contributed by atoms with Crippen molar-refractivity contribution in [2.24, 2.45) is 7.05 Å². The molecule has 7 nitrogen and oxygen atoms in total. The van der Waals surface area contributed by atoms with Crippen LogP contribution >= 0.6 is 0 Å². The van der Waals surface area contributed by atoms with E-state index in [9.17, 15) is 14.4 Å². The van der Waals surface area contributed by atoms with Gasteiger partial charge in [0.1, 0.15) is 11.4 Å². The molecule has 0 aliphatic rings. The summed E-state index contributed by atoms with van der Waals surface area (Å²) in [5, 5.41) is 6.56. The van der Waals surface area contributed by atoms with Gasteiger partial charge in [-0.3, -0.25) is 14.3 Å². The van der Waals surface area contributed by atoms with Crippen LogP contribution in [0.25, 0.3) is 0 Å². The molecule has 1 N–H and O–H groups in total. The van der Waals surface area contributed by atoms with E-state index in [-0.39, 0.29) is 42.5 Å². The van der Waals surface area contributed by atoms with Gasteiger partial charge in [0.05, 0.1) is 12.8 Å². The summed E-state index contributed by atoms with van der Waals surface area (Å²) < 4.78 is 6.30. The van der Waals surface area contributed by atoms with Gasteiger partial charge in [-0.25, -0.2) is 4.79 Å². The normalized spacial score (nSPS) is 10.2. The molecule has 7 heteroatoms. The van der Waals surface area contributed by atoms with Gasteiger partial charge in [-0.1, -0.05) is 30.3 Å². The highest BCUT2D eigenvalue weighted by molar-refractivity contribution is 6.02. The summed E-state index contributed by atoms with van der Waals surface area (Å²) in [6.45, 7) is 1.93. The third kappa shape index (κ3) is 4.28. The SMILES string of the molecule is CCOC(=O)c1cnn(C)c1NC(=O)CCC(=O)c1ccccc1. The maximum atomic E-state index is 12.1. The van der Waals surface area contributed by atoms with Crippen molar-refractivity contribution < 1.29 is 19.1 Å². The van der Waals surface area contributed by atoms with Crippen LogP contribution in [0.4, 0.5) is 5.82 Å². The average Bonchev–Trinajstić information content (AvgIpc) is 2.94. The van der Waals surface area contributed by atoms with E-state index in [0.717, 1.165) is 0 Å². The number of aromatic nitrogens is 2. The second-order valence-corrected chi connectivity index (χ2v) is 5.09. The number of rotatable bonds is 7. The molecular formula is C17H19N3O4. The molecule has 2 aromatic rings. The Morgan fingerprint density at radius 1 is 1.17 bits per heavy atom. The standard InChI is InChI=1S/C17H19N3O4/c1-3-24-17(23)13-11-18-20(2)16(13)19-15(22)10-9-14(21)12-7-5-4-6-8-12/h4-8,11H,3,9-10H2,1-2H3,(H,19,22). The number of carbonyl (C=O) groups excluding carboxylic acids is 3. The van der Waals surface area contributed by atoms with Gasteiger partial charge in [0.15, 0.2) is 5.78 Å². The number of anilines is 1. The van der Waals surface area contributed by atoms with Gasteiger partial charge in [0, 0.05) is 25.5 Å². The second kappa shape index (κ2) is 8.05. The molecule has 0 unspecified atom stereocenters. The molecule has 0 saturated carbocycles. The van der Waals surface area contributed by atoms with Crippen molar-refractivity contribution in [1.29, 1.82) is 0 Å². The quantitative estimate of drug-likeness (QED) is 0.621. The van der Waals surface area contributed by atoms with Gasteiger partial charge in [-0.15, -0.1) is 0 Å². The van der Waals surface area contributed by atoms with Crippen molar-refractivity contribution >= 4 is 23.5 Å². The summed E-state index contributed by atoms with van der Waals surface area (Å²) in [7, 11) is 1.60. The molecule has 126 valence electrons. The van der Waals surface area contributed by atoms with Crippen LogP contribution in [0.15, 0.2) is 36.5 Å². The van der Waals surface area contributed by atoms with Crippen LogP contribution in [0.3, 0.4) is 0 Å². The minimum atomic E-state index is -0.554. The largest absolute Gasteiger partial charge is 0.462 e. The number of hydrogen-bond acceptors (Lipinski definition) is 5. The molecule has 1 aromatic heterocycles. The van der Waals surface area contributed by atoms with Crippen molar-refractivity contribution in [3.05, 3.63) is 47.7 Å². The molecule has 0 bridgehead atoms. The highest BCUT2D eigenvalue weighted by atomic mass is 16.5. The van der Waals surface area contributed by atoms with Crippen molar-refractivity contribution in [1.82, 2.24) is 9.78 Å². The Kier molecular flexibility index (Phi) is 5.83. The lowest BCUT2D eigenvalue weighted by Gasteiger charge is -2.08. The van der Waals surface area contributed by atoms with Crippen LogP contribution < -0.4 is 5.32 Å². The van der Waals surface area contributed by atoms with Gasteiger partial charge in [0.2, 0.25) is 5.91 Å². The van der Waals surface area contributed by atoms with Gasteiger partial charge < -0.3 is 10.1 Å². The molecule has 0 saturated heterocycles. The number of hydrogen-bond donors (Lipinski definition) is 1. The van der Waals surface area contributed by atoms with Crippen LogP contribution in [0.2, 0.25) is 0 Å². The Bertz CT molecular complexity index is 738. The number of carbonyl (C=O) groups is 3. The third-order valence-corrected chi connectivity index (χ3v) is 3.37. The molecule has 1 heterocycles. The zero-order valence-electron chi connectivity index (χ0n) is 13.6. The fraction of sp³-hybridized carbons (Fsp3) is 0.294. The molecule has 0 spiro atoms. The van der Waals surface area contributed by atoms with Gasteiger partial charge >= 0.3 is 5.97 Å². The Morgan fingerprint density at radius 2 is 1.88 bits per heavy atom. The lowest BCUT2D eigenvalue weighted by molar-refractivity contribution is -0.116. The molecule has 0 aliphatic carbocycles. The first-order valence-electron chi connectivity index (χ1n) is 7.60. The van der Waals surface area contributed by atoms with Crippen LogP contribution in [-0.4, -0.2) is 34.0 Å². The minimum Gasteiger partial charge on any atom is -0.462 e. The van der Waals surface area contributed by atoms with Crippen LogP contribution in [0.1, 0.15) is 40.5 Å². The summed E-state index contributed by atoms with van der Waals surface area (Å²) >= 11 is 0. The number of ketones is 1. The number of benzene rings is 1. The van der Waals surface area contributed by atoms with Crippen molar-refractivity contribution in [2.45, 2.75) is 19.8 Å². The molecule has 0 fully saturated rings. The van der Waals surface area contributed by atoms with Crippen LogP contribution in [0, 0.1) is 0 Å². The fourth-order valence-electron chi connectivity index (χ4n) is 2.13. The number of nitrogens with zero attached hydrogens (tertiary/aromatic N) is 2. The zero-order valence-corrected chi connectivity index (χ0v) is 13.6. The smallest absolute Gasteiger partial charge is 0.343 e. The first-order chi connectivity index (χ1) is 11.5. The monoisotopic (exact) mass is 329 g/mol. The number of ether oxygens (including phenoxy) is 1. The van der Waals surface area contributed by atoms with E-state index in [2.05, 4.69) is 10.4 Å². The summed E-state index contributed by atoms with van der Waals surface area (Å²) in [5.74, 6) is -0.776. The highest BCUT2D eigenvalue weighted by Gasteiger charge is 2.19. The maximum Gasteiger partial charge on any atom is 0.343 e. The Hall–Kier alpha value is -2.96. The van der Waals surface area contributed by atoms with Crippen molar-refractivity contribution in [3.63, 3.8) is 0 Å². The van der Waals surface area contributed by atoms with E-state index in [0.29, 0.717) is 5.56 Å². The Balaban J connectivity index is 1.97. The highest BCUT2D eigenvalue weighted by Crippen LogP contribution is 2.16. The molecule has 24 heavy (non-hydrogen) atoms. The van der Waals surface area contributed by atoms with Crippen LogP contribution in [0.5, 0.6) is 0 Å². The lowest BCUT2D eigenvalue weighted by Crippen LogP contribution is -2.18. The number of amides is 1. The summed E-state index contributed by atoms with van der Waals surface area (Å²) in [4.78, 5) is 35.9.